The summed E-state index contributed by atoms with van der Waals surface area (Å²) in [5.74, 6) is 0. The van der Waals surface area contributed by atoms with Crippen LogP contribution in [0.2, 0.25) is 0 Å². The van der Waals surface area contributed by atoms with Crippen molar-refractivity contribution in [1.82, 2.24) is 0 Å². The number of pyridine rings is 1. The van der Waals surface area contributed by atoms with Crippen LogP contribution in [0.15, 0.2) is 18.3 Å². The van der Waals surface area contributed by atoms with Gasteiger partial charge in [-0.25, -0.2) is 14.2 Å². The van der Waals surface area contributed by atoms with Crippen LogP contribution >= 0.6 is 0 Å². The Hall–Kier alpha value is -1.38. The minimum absolute atomic E-state index is 0. The third-order valence-electron chi connectivity index (χ3n) is 2.79. The second-order valence-electron chi connectivity index (χ2n) is 7.44. The number of carbonyl (C=O) groups excluding carboxylic acids is 2. The molecule has 6 nitrogen and oxygen atoms in total. The number of hydrogen-bond acceptors (Lipinski definition) is 4. The predicted octanol–water partition coefficient (Wildman–Crippen LogP) is 0.500. The molecule has 1 heterocycles. The molecule has 0 bridgehead atoms. The molecule has 0 spiro atoms. The van der Waals surface area contributed by atoms with Crippen molar-refractivity contribution in [2.45, 2.75) is 59.7 Å². The lowest BCUT2D eigenvalue weighted by molar-refractivity contribution is -0.677. The maximum Gasteiger partial charge on any atom is 0.424 e. The molecule has 2 amide bonds. The molecule has 0 atom stereocenters. The summed E-state index contributed by atoms with van der Waals surface area (Å²) < 4.78 is 12.5. The molecule has 0 aliphatic heterocycles. The van der Waals surface area contributed by atoms with E-state index in [-0.39, 0.29) is 24.0 Å². The first-order valence-corrected chi connectivity index (χ1v) is 7.52. The van der Waals surface area contributed by atoms with E-state index in [9.17, 15) is 9.59 Å². The molecule has 7 heteroatoms. The van der Waals surface area contributed by atoms with Crippen LogP contribution < -0.4 is 33.4 Å². The fraction of sp³-hybridized carbons (Fsp3) is 0.588. The zero-order chi connectivity index (χ0) is 18.0. The molecule has 0 N–H and O–H groups in total. The normalized spacial score (nSPS) is 11.3. The molecule has 1 aromatic heterocycles. The summed E-state index contributed by atoms with van der Waals surface area (Å²) in [4.78, 5) is 25.9. The number of imide groups is 1. The highest BCUT2D eigenvalue weighted by Gasteiger charge is 2.33. The molecule has 136 valence electrons. The maximum absolute atomic E-state index is 12.5. The molecule has 24 heavy (non-hydrogen) atoms. The van der Waals surface area contributed by atoms with E-state index < -0.39 is 23.4 Å². The average molecular weight is 450 g/mol. The number of carbonyl (C=O) groups is 2. The minimum Gasteiger partial charge on any atom is -1.00 e. The smallest absolute Gasteiger partial charge is 0.424 e. The van der Waals surface area contributed by atoms with Crippen LogP contribution in [0, 0.1) is 6.92 Å². The predicted molar refractivity (Wildman–Crippen MR) is 87.3 cm³/mol. The van der Waals surface area contributed by atoms with Crippen molar-refractivity contribution < 1.29 is 47.6 Å². The molecule has 0 aliphatic rings. The molecule has 0 saturated heterocycles. The largest absolute Gasteiger partial charge is 1.00 e. The third-order valence-corrected chi connectivity index (χ3v) is 2.79. The first-order valence-electron chi connectivity index (χ1n) is 7.52. The highest BCUT2D eigenvalue weighted by atomic mass is 127. The summed E-state index contributed by atoms with van der Waals surface area (Å²) in [6, 6.07) is 3.50. The van der Waals surface area contributed by atoms with E-state index in [4.69, 9.17) is 9.47 Å². The Morgan fingerprint density at radius 1 is 0.958 bits per heavy atom. The molecule has 0 aliphatic carbocycles. The van der Waals surface area contributed by atoms with Crippen LogP contribution in [0.1, 0.15) is 47.2 Å². The first kappa shape index (κ1) is 22.6. The number of rotatable bonds is 1. The van der Waals surface area contributed by atoms with Crippen LogP contribution in [-0.2, 0) is 16.5 Å². The molecule has 1 aromatic rings. The first-order chi connectivity index (χ1) is 10.3. The van der Waals surface area contributed by atoms with E-state index in [0.29, 0.717) is 5.69 Å². The number of nitrogens with zero attached hydrogens (tertiary/aromatic N) is 2. The van der Waals surface area contributed by atoms with E-state index in [1.165, 1.54) is 0 Å². The van der Waals surface area contributed by atoms with Crippen molar-refractivity contribution in [3.8, 4) is 0 Å². The van der Waals surface area contributed by atoms with Gasteiger partial charge in [0.1, 0.15) is 23.9 Å². The lowest BCUT2D eigenvalue weighted by Gasteiger charge is -2.28. The molecule has 0 radical (unpaired) electrons. The van der Waals surface area contributed by atoms with Gasteiger partial charge >= 0.3 is 12.2 Å². The fourth-order valence-electron chi connectivity index (χ4n) is 1.70. The zero-order valence-electron chi connectivity index (χ0n) is 15.6. The summed E-state index contributed by atoms with van der Waals surface area (Å²) in [6.07, 6.45) is 0.148. The Morgan fingerprint density at radius 3 is 1.71 bits per heavy atom. The number of anilines is 1. The van der Waals surface area contributed by atoms with Gasteiger partial charge in [0.2, 0.25) is 0 Å². The highest BCUT2D eigenvalue weighted by Crippen LogP contribution is 2.20. The van der Waals surface area contributed by atoms with Gasteiger partial charge in [-0.15, -0.1) is 0 Å². The summed E-state index contributed by atoms with van der Waals surface area (Å²) in [7, 11) is 1.83. The Balaban J connectivity index is 0.00000529. The molecular formula is C17H27IN2O4. The van der Waals surface area contributed by atoms with Gasteiger partial charge in [-0.05, 0) is 47.6 Å². The highest BCUT2D eigenvalue weighted by molar-refractivity contribution is 6.09. The number of amides is 2. The molecule has 1 rings (SSSR count). The standard InChI is InChI=1S/C17H27N2O4.HI/c1-12-9-10-13(11-18(12)8)19(14(20)22-16(2,3)4)15(21)23-17(5,6)7;/h9-11H,1-8H3;1H/q+1;/p-1. The average Bonchev–Trinajstić information content (AvgIpc) is 2.29. The van der Waals surface area contributed by atoms with Gasteiger partial charge in [0.25, 0.3) is 0 Å². The van der Waals surface area contributed by atoms with E-state index in [1.807, 2.05) is 24.6 Å². The van der Waals surface area contributed by atoms with Crippen LogP contribution in [0.3, 0.4) is 0 Å². The van der Waals surface area contributed by atoms with Crippen molar-refractivity contribution in [2.75, 3.05) is 4.90 Å². The lowest BCUT2D eigenvalue weighted by atomic mass is 10.2. The summed E-state index contributed by atoms with van der Waals surface area (Å²) in [5.41, 5.74) is -0.0576. The van der Waals surface area contributed by atoms with E-state index in [1.54, 1.807) is 53.8 Å². The topological polar surface area (TPSA) is 59.7 Å². The van der Waals surface area contributed by atoms with Crippen molar-refractivity contribution >= 4 is 17.9 Å². The van der Waals surface area contributed by atoms with Crippen LogP contribution in [0.4, 0.5) is 15.3 Å². The summed E-state index contributed by atoms with van der Waals surface area (Å²) in [6.45, 7) is 12.4. The van der Waals surface area contributed by atoms with E-state index in [0.717, 1.165) is 10.6 Å². The zero-order valence-corrected chi connectivity index (χ0v) is 17.8. The second-order valence-corrected chi connectivity index (χ2v) is 7.44. The quantitative estimate of drug-likeness (QED) is 0.462. The van der Waals surface area contributed by atoms with Gasteiger partial charge in [0, 0.05) is 13.0 Å². The lowest BCUT2D eigenvalue weighted by Crippen LogP contribution is -3.00. The Morgan fingerprint density at radius 2 is 1.38 bits per heavy atom. The third kappa shape index (κ3) is 7.02. The van der Waals surface area contributed by atoms with Crippen molar-refractivity contribution in [3.63, 3.8) is 0 Å². The maximum atomic E-state index is 12.5. The Kier molecular flexibility index (Phi) is 7.67. The number of halogens is 1. The fourth-order valence-corrected chi connectivity index (χ4v) is 1.70. The van der Waals surface area contributed by atoms with Crippen molar-refractivity contribution in [2.24, 2.45) is 7.05 Å². The van der Waals surface area contributed by atoms with Crippen molar-refractivity contribution in [3.05, 3.63) is 24.0 Å². The number of hydrogen-bond donors (Lipinski definition) is 0. The summed E-state index contributed by atoms with van der Waals surface area (Å²) >= 11 is 0. The Bertz CT molecular complexity index is 576. The van der Waals surface area contributed by atoms with Crippen LogP contribution in [0.5, 0.6) is 0 Å². The number of ether oxygens (including phenoxy) is 2. The molecule has 0 fully saturated rings. The van der Waals surface area contributed by atoms with Crippen molar-refractivity contribution in [1.29, 1.82) is 0 Å². The van der Waals surface area contributed by atoms with Gasteiger partial charge in [0.15, 0.2) is 11.9 Å². The van der Waals surface area contributed by atoms with Crippen LogP contribution in [-0.4, -0.2) is 23.4 Å². The SMILES string of the molecule is Cc1ccc(N(C(=O)OC(C)(C)C)C(=O)OC(C)(C)C)c[n+]1C.[I-]. The summed E-state index contributed by atoms with van der Waals surface area (Å²) in [5, 5.41) is 0. The van der Waals surface area contributed by atoms with Gasteiger partial charge in [-0.1, -0.05) is 0 Å². The Labute approximate surface area is 161 Å². The minimum atomic E-state index is -0.768. The number of aryl methyl sites for hydroxylation is 2. The molecule has 0 unspecified atom stereocenters. The van der Waals surface area contributed by atoms with Gasteiger partial charge in [0.05, 0.1) is 0 Å². The van der Waals surface area contributed by atoms with E-state index in [2.05, 4.69) is 0 Å². The van der Waals surface area contributed by atoms with Crippen LogP contribution in [0.25, 0.3) is 0 Å². The van der Waals surface area contributed by atoms with E-state index >= 15 is 0 Å². The van der Waals surface area contributed by atoms with Gasteiger partial charge in [-0.3, -0.25) is 0 Å². The van der Waals surface area contributed by atoms with Gasteiger partial charge in [-0.2, -0.15) is 4.90 Å². The molecular weight excluding hydrogens is 423 g/mol. The second kappa shape index (κ2) is 8.13. The molecule has 0 aromatic carbocycles. The monoisotopic (exact) mass is 450 g/mol. The number of aromatic nitrogens is 1. The molecule has 0 saturated carbocycles. The van der Waals surface area contributed by atoms with Gasteiger partial charge < -0.3 is 33.5 Å².